The van der Waals surface area contributed by atoms with E-state index < -0.39 is 0 Å². The highest BCUT2D eigenvalue weighted by atomic mass is 16.2. The Morgan fingerprint density at radius 3 is 2.95 bits per heavy atom. The van der Waals surface area contributed by atoms with E-state index in [9.17, 15) is 4.79 Å². The lowest BCUT2D eigenvalue weighted by Crippen LogP contribution is -1.98. The molecule has 0 radical (unpaired) electrons. The summed E-state index contributed by atoms with van der Waals surface area (Å²) in [5.41, 5.74) is 2.52. The molecule has 1 aromatic carbocycles. The number of aromatic nitrogens is 2. The number of carbonyl (C=O) groups is 1. The first-order valence-corrected chi connectivity index (χ1v) is 6.87. The molecule has 0 bridgehead atoms. The summed E-state index contributed by atoms with van der Waals surface area (Å²) in [5, 5.41) is 8.82. The van der Waals surface area contributed by atoms with Crippen LogP contribution in [-0.2, 0) is 6.42 Å². The molecule has 0 spiro atoms. The topological polar surface area (TPSA) is 66.0 Å². The van der Waals surface area contributed by atoms with Crippen molar-refractivity contribution >= 4 is 16.8 Å². The molecule has 2 aromatic rings. The van der Waals surface area contributed by atoms with E-state index in [-0.39, 0.29) is 12.4 Å². The van der Waals surface area contributed by atoms with Gasteiger partial charge >= 0.3 is 0 Å². The van der Waals surface area contributed by atoms with Crippen molar-refractivity contribution in [2.45, 2.75) is 39.0 Å². The standard InChI is InChI=1S/C15H20N2O2/c1-2-3-5-14(19)11-7-8-12-13(10-11)17-15(16-12)6-4-9-18/h7-8,10,18H,2-6,9H2,1H3,(H,16,17). The molecule has 0 amide bonds. The number of hydrogen-bond acceptors (Lipinski definition) is 3. The zero-order chi connectivity index (χ0) is 13.7. The summed E-state index contributed by atoms with van der Waals surface area (Å²) in [6, 6.07) is 5.60. The first-order chi connectivity index (χ1) is 9.24. The van der Waals surface area contributed by atoms with Crippen molar-refractivity contribution in [1.29, 1.82) is 0 Å². The third kappa shape index (κ3) is 3.41. The highest BCUT2D eigenvalue weighted by Gasteiger charge is 2.08. The zero-order valence-corrected chi connectivity index (χ0v) is 11.3. The monoisotopic (exact) mass is 260 g/mol. The van der Waals surface area contributed by atoms with E-state index in [1.807, 2.05) is 18.2 Å². The summed E-state index contributed by atoms with van der Waals surface area (Å²) in [6.07, 6.45) is 3.99. The largest absolute Gasteiger partial charge is 0.396 e. The first-order valence-electron chi connectivity index (χ1n) is 6.87. The minimum absolute atomic E-state index is 0.164. The van der Waals surface area contributed by atoms with Gasteiger partial charge in [0.2, 0.25) is 0 Å². The zero-order valence-electron chi connectivity index (χ0n) is 11.3. The van der Waals surface area contributed by atoms with Gasteiger partial charge in [-0.1, -0.05) is 13.3 Å². The number of rotatable bonds is 7. The fourth-order valence-electron chi connectivity index (χ4n) is 2.08. The molecule has 19 heavy (non-hydrogen) atoms. The van der Waals surface area contributed by atoms with Crippen molar-refractivity contribution in [1.82, 2.24) is 9.97 Å². The van der Waals surface area contributed by atoms with Gasteiger partial charge < -0.3 is 10.1 Å². The number of nitrogens with one attached hydrogen (secondary N) is 1. The summed E-state index contributed by atoms with van der Waals surface area (Å²) in [6.45, 7) is 2.25. The fraction of sp³-hybridized carbons (Fsp3) is 0.467. The predicted molar refractivity (Wildman–Crippen MR) is 75.4 cm³/mol. The van der Waals surface area contributed by atoms with E-state index >= 15 is 0 Å². The Labute approximate surface area is 112 Å². The summed E-state index contributed by atoms with van der Waals surface area (Å²) in [4.78, 5) is 19.6. The molecule has 2 rings (SSSR count). The van der Waals surface area contributed by atoms with E-state index in [4.69, 9.17) is 5.11 Å². The average molecular weight is 260 g/mol. The average Bonchev–Trinajstić information content (AvgIpc) is 2.84. The van der Waals surface area contributed by atoms with Crippen LogP contribution < -0.4 is 0 Å². The van der Waals surface area contributed by atoms with Gasteiger partial charge in [-0.2, -0.15) is 0 Å². The predicted octanol–water partition coefficient (Wildman–Crippen LogP) is 2.86. The van der Waals surface area contributed by atoms with Gasteiger partial charge in [0.25, 0.3) is 0 Å². The second-order valence-corrected chi connectivity index (χ2v) is 4.77. The van der Waals surface area contributed by atoms with Gasteiger partial charge in [-0.25, -0.2) is 4.98 Å². The SMILES string of the molecule is CCCCC(=O)c1ccc2nc(CCCO)[nH]c2c1. The highest BCUT2D eigenvalue weighted by molar-refractivity contribution is 5.98. The van der Waals surface area contributed by atoms with Crippen LogP contribution in [-0.4, -0.2) is 27.5 Å². The summed E-state index contributed by atoms with van der Waals surface area (Å²) >= 11 is 0. The van der Waals surface area contributed by atoms with Gasteiger partial charge in [-0.05, 0) is 31.0 Å². The van der Waals surface area contributed by atoms with Gasteiger partial charge in [0.15, 0.2) is 5.78 Å². The van der Waals surface area contributed by atoms with Gasteiger partial charge in [0, 0.05) is 25.0 Å². The smallest absolute Gasteiger partial charge is 0.162 e. The van der Waals surface area contributed by atoms with E-state index in [1.165, 1.54) is 0 Å². The Bertz CT molecular complexity index is 560. The van der Waals surface area contributed by atoms with Crippen LogP contribution in [0, 0.1) is 0 Å². The van der Waals surface area contributed by atoms with Gasteiger partial charge in [-0.3, -0.25) is 4.79 Å². The number of ketones is 1. The van der Waals surface area contributed by atoms with Gasteiger partial charge in [0.05, 0.1) is 11.0 Å². The van der Waals surface area contributed by atoms with Crippen molar-refractivity contribution in [2.75, 3.05) is 6.61 Å². The Hall–Kier alpha value is -1.68. The van der Waals surface area contributed by atoms with Crippen LogP contribution >= 0.6 is 0 Å². The Kier molecular flexibility index (Phi) is 4.68. The second kappa shape index (κ2) is 6.48. The number of benzene rings is 1. The van der Waals surface area contributed by atoms with Gasteiger partial charge in [0.1, 0.15) is 5.82 Å². The molecule has 1 aromatic heterocycles. The summed E-state index contributed by atoms with van der Waals surface area (Å²) in [5.74, 6) is 1.05. The lowest BCUT2D eigenvalue weighted by atomic mass is 10.1. The quantitative estimate of drug-likeness (QED) is 0.752. The third-order valence-electron chi connectivity index (χ3n) is 3.18. The number of imidazole rings is 1. The number of aliphatic hydroxyl groups is 1. The number of nitrogens with zero attached hydrogens (tertiary/aromatic N) is 1. The van der Waals surface area contributed by atoms with E-state index in [0.717, 1.165) is 41.7 Å². The van der Waals surface area contributed by atoms with Crippen LogP contribution in [0.4, 0.5) is 0 Å². The molecular weight excluding hydrogens is 240 g/mol. The van der Waals surface area contributed by atoms with Gasteiger partial charge in [-0.15, -0.1) is 0 Å². The lowest BCUT2D eigenvalue weighted by molar-refractivity contribution is 0.0980. The van der Waals surface area contributed by atoms with E-state index in [0.29, 0.717) is 12.8 Å². The molecule has 102 valence electrons. The number of aromatic amines is 1. The number of unbranched alkanes of at least 4 members (excludes halogenated alkanes) is 1. The molecule has 0 saturated heterocycles. The minimum Gasteiger partial charge on any atom is -0.396 e. The number of aliphatic hydroxyl groups excluding tert-OH is 1. The molecule has 0 unspecified atom stereocenters. The highest BCUT2D eigenvalue weighted by Crippen LogP contribution is 2.16. The number of hydrogen-bond donors (Lipinski definition) is 2. The molecule has 1 heterocycles. The van der Waals surface area contributed by atoms with Crippen LogP contribution in [0.3, 0.4) is 0 Å². The lowest BCUT2D eigenvalue weighted by Gasteiger charge is -1.99. The molecule has 0 aliphatic rings. The van der Waals surface area contributed by atoms with Crippen LogP contribution in [0.2, 0.25) is 0 Å². The normalized spacial score (nSPS) is 11.1. The van der Waals surface area contributed by atoms with Crippen LogP contribution in [0.15, 0.2) is 18.2 Å². The molecule has 0 aliphatic heterocycles. The van der Waals surface area contributed by atoms with Crippen LogP contribution in [0.1, 0.15) is 48.8 Å². The van der Waals surface area contributed by atoms with E-state index in [1.54, 1.807) is 0 Å². The Balaban J connectivity index is 2.17. The van der Waals surface area contributed by atoms with Crippen molar-refractivity contribution in [3.63, 3.8) is 0 Å². The maximum absolute atomic E-state index is 12.0. The number of H-pyrrole nitrogens is 1. The number of aryl methyl sites for hydroxylation is 1. The maximum Gasteiger partial charge on any atom is 0.162 e. The summed E-state index contributed by atoms with van der Waals surface area (Å²) in [7, 11) is 0. The molecular formula is C15H20N2O2. The molecule has 2 N–H and O–H groups in total. The molecule has 0 saturated carbocycles. The molecule has 4 nitrogen and oxygen atoms in total. The Morgan fingerprint density at radius 2 is 2.21 bits per heavy atom. The maximum atomic E-state index is 12.0. The molecule has 0 fully saturated rings. The number of fused-ring (bicyclic) bond motifs is 1. The third-order valence-corrected chi connectivity index (χ3v) is 3.18. The number of carbonyl (C=O) groups excluding carboxylic acids is 1. The first kappa shape index (κ1) is 13.7. The minimum atomic E-state index is 0.164. The molecule has 0 aliphatic carbocycles. The number of Topliss-reactive ketones (excluding diaryl/α,β-unsaturated/α-hetero) is 1. The van der Waals surface area contributed by atoms with Crippen molar-refractivity contribution < 1.29 is 9.90 Å². The second-order valence-electron chi connectivity index (χ2n) is 4.77. The van der Waals surface area contributed by atoms with Crippen molar-refractivity contribution in [3.8, 4) is 0 Å². The van der Waals surface area contributed by atoms with Crippen molar-refractivity contribution in [3.05, 3.63) is 29.6 Å². The van der Waals surface area contributed by atoms with Crippen LogP contribution in [0.25, 0.3) is 11.0 Å². The molecule has 0 atom stereocenters. The summed E-state index contributed by atoms with van der Waals surface area (Å²) < 4.78 is 0. The van der Waals surface area contributed by atoms with Crippen molar-refractivity contribution in [2.24, 2.45) is 0 Å². The molecule has 4 heteroatoms. The fourth-order valence-corrected chi connectivity index (χ4v) is 2.08. The van der Waals surface area contributed by atoms with Crippen LogP contribution in [0.5, 0.6) is 0 Å². The Morgan fingerprint density at radius 1 is 1.37 bits per heavy atom. The van der Waals surface area contributed by atoms with E-state index in [2.05, 4.69) is 16.9 Å².